The Hall–Kier alpha value is -2.95. The van der Waals surface area contributed by atoms with E-state index in [1.807, 2.05) is 18.2 Å². The topological polar surface area (TPSA) is 48.0 Å². The van der Waals surface area contributed by atoms with Gasteiger partial charge in [-0.25, -0.2) is 0 Å². The summed E-state index contributed by atoms with van der Waals surface area (Å²) in [6.45, 7) is 7.99. The van der Waals surface area contributed by atoms with E-state index in [-0.39, 0.29) is 5.78 Å². The highest BCUT2D eigenvalue weighted by Crippen LogP contribution is 2.40. The fourth-order valence-electron chi connectivity index (χ4n) is 3.18. The number of carbonyl (C=O) groups excluding carboxylic acids is 1. The highest BCUT2D eigenvalue weighted by molar-refractivity contribution is 6.13. The molecule has 0 aliphatic rings. The molecule has 2 aromatic carbocycles. The number of methoxy groups -OCH3 is 3. The number of ketones is 1. The molecule has 5 nitrogen and oxygen atoms in total. The minimum atomic E-state index is -0.120. The zero-order valence-electron chi connectivity index (χ0n) is 17.5. The number of hydrogen-bond acceptors (Lipinski definition) is 5. The lowest BCUT2D eigenvalue weighted by Crippen LogP contribution is -2.21. The van der Waals surface area contributed by atoms with Crippen LogP contribution in [0.15, 0.2) is 42.0 Å². The molecule has 0 saturated heterocycles. The highest BCUT2D eigenvalue weighted by atomic mass is 16.5. The predicted octanol–water partition coefficient (Wildman–Crippen LogP) is 4.84. The second-order valence-corrected chi connectivity index (χ2v) is 6.30. The fourth-order valence-corrected chi connectivity index (χ4v) is 3.18. The van der Waals surface area contributed by atoms with E-state index in [2.05, 4.69) is 30.9 Å². The first-order valence-corrected chi connectivity index (χ1v) is 9.37. The van der Waals surface area contributed by atoms with Crippen molar-refractivity contribution in [1.29, 1.82) is 0 Å². The third-order valence-corrected chi connectivity index (χ3v) is 4.71. The molecule has 0 spiro atoms. The minimum absolute atomic E-state index is 0.120. The number of ether oxygens (including phenoxy) is 3. The Kier molecular flexibility index (Phi) is 7.50. The van der Waals surface area contributed by atoms with Gasteiger partial charge in [-0.15, -0.1) is 0 Å². The van der Waals surface area contributed by atoms with Gasteiger partial charge >= 0.3 is 0 Å². The van der Waals surface area contributed by atoms with E-state index in [0.717, 1.165) is 18.7 Å². The molecule has 0 aromatic heterocycles. The van der Waals surface area contributed by atoms with Crippen LogP contribution >= 0.6 is 0 Å². The molecule has 0 amide bonds. The van der Waals surface area contributed by atoms with Gasteiger partial charge in [0.25, 0.3) is 0 Å². The van der Waals surface area contributed by atoms with Crippen LogP contribution in [0.3, 0.4) is 0 Å². The second-order valence-electron chi connectivity index (χ2n) is 6.30. The molecule has 0 N–H and O–H groups in total. The molecule has 0 radical (unpaired) electrons. The normalized spacial score (nSPS) is 11.1. The lowest BCUT2D eigenvalue weighted by molar-refractivity contribution is 0.103. The van der Waals surface area contributed by atoms with E-state index in [0.29, 0.717) is 28.4 Å². The lowest BCUT2D eigenvalue weighted by atomic mass is 10.0. The zero-order chi connectivity index (χ0) is 20.7. The van der Waals surface area contributed by atoms with Gasteiger partial charge in [-0.3, -0.25) is 4.79 Å². The van der Waals surface area contributed by atoms with Gasteiger partial charge in [0, 0.05) is 18.8 Å². The van der Waals surface area contributed by atoms with Crippen LogP contribution in [0.4, 0.5) is 5.69 Å². The van der Waals surface area contributed by atoms with Crippen molar-refractivity contribution in [3.05, 3.63) is 53.1 Å². The van der Waals surface area contributed by atoms with Crippen molar-refractivity contribution in [3.8, 4) is 17.2 Å². The Morgan fingerprint density at radius 1 is 0.893 bits per heavy atom. The van der Waals surface area contributed by atoms with Crippen molar-refractivity contribution in [1.82, 2.24) is 0 Å². The summed E-state index contributed by atoms with van der Waals surface area (Å²) in [4.78, 5) is 15.3. The van der Waals surface area contributed by atoms with Crippen LogP contribution in [0.2, 0.25) is 0 Å². The van der Waals surface area contributed by atoms with Gasteiger partial charge in [-0.05, 0) is 62.2 Å². The summed E-state index contributed by atoms with van der Waals surface area (Å²) in [5.41, 5.74) is 3.20. The van der Waals surface area contributed by atoms with E-state index < -0.39 is 0 Å². The highest BCUT2D eigenvalue weighted by Gasteiger charge is 2.21. The third-order valence-electron chi connectivity index (χ3n) is 4.71. The quantitative estimate of drug-likeness (QED) is 0.458. The first-order valence-electron chi connectivity index (χ1n) is 9.37. The number of allylic oxidation sites excluding steroid dienone is 1. The van der Waals surface area contributed by atoms with Gasteiger partial charge < -0.3 is 19.1 Å². The van der Waals surface area contributed by atoms with Crippen molar-refractivity contribution in [2.75, 3.05) is 39.3 Å². The zero-order valence-corrected chi connectivity index (χ0v) is 17.5. The van der Waals surface area contributed by atoms with Crippen LogP contribution in [-0.4, -0.2) is 40.2 Å². The Balaban J connectivity index is 2.34. The third kappa shape index (κ3) is 4.47. The summed E-state index contributed by atoms with van der Waals surface area (Å²) < 4.78 is 16.1. The molecule has 0 bridgehead atoms. The smallest absolute Gasteiger partial charge is 0.204 e. The van der Waals surface area contributed by atoms with Gasteiger partial charge in [-0.1, -0.05) is 12.1 Å². The molecular formula is C23H29NO4. The van der Waals surface area contributed by atoms with Crippen molar-refractivity contribution in [2.24, 2.45) is 0 Å². The molecule has 0 fully saturated rings. The van der Waals surface area contributed by atoms with Crippen molar-refractivity contribution in [2.45, 2.75) is 20.8 Å². The van der Waals surface area contributed by atoms with Crippen LogP contribution < -0.4 is 19.1 Å². The summed E-state index contributed by atoms with van der Waals surface area (Å²) in [6, 6.07) is 11.6. The second kappa shape index (κ2) is 9.83. The van der Waals surface area contributed by atoms with Gasteiger partial charge in [0.2, 0.25) is 5.75 Å². The summed E-state index contributed by atoms with van der Waals surface area (Å²) in [6.07, 6.45) is 1.88. The number of anilines is 1. The molecule has 0 aliphatic heterocycles. The minimum Gasteiger partial charge on any atom is -0.493 e. The summed E-state index contributed by atoms with van der Waals surface area (Å²) in [5.74, 6) is 1.18. The van der Waals surface area contributed by atoms with E-state index in [9.17, 15) is 4.79 Å². The summed E-state index contributed by atoms with van der Waals surface area (Å²) in [5, 5.41) is 0. The lowest BCUT2D eigenvalue weighted by Gasteiger charge is -2.20. The maximum Gasteiger partial charge on any atom is 0.204 e. The molecule has 28 heavy (non-hydrogen) atoms. The number of rotatable bonds is 9. The maximum atomic E-state index is 13.0. The first-order chi connectivity index (χ1) is 13.5. The predicted molar refractivity (Wildman–Crippen MR) is 114 cm³/mol. The number of hydrogen-bond donors (Lipinski definition) is 0. The SMILES string of the molecule is CCN(CC)c1ccc(/C=C(\C)C(=O)c2ccc(OC)c(OC)c2OC)cc1. The molecule has 2 rings (SSSR count). The van der Waals surface area contributed by atoms with Crippen LogP contribution in [0.5, 0.6) is 17.2 Å². The van der Waals surface area contributed by atoms with Gasteiger partial charge in [0.05, 0.1) is 26.9 Å². The summed E-state index contributed by atoms with van der Waals surface area (Å²) in [7, 11) is 4.58. The average Bonchev–Trinajstić information content (AvgIpc) is 2.73. The van der Waals surface area contributed by atoms with Gasteiger partial charge in [-0.2, -0.15) is 0 Å². The Bertz CT molecular complexity index is 836. The number of carbonyl (C=O) groups is 1. The Morgan fingerprint density at radius 2 is 1.50 bits per heavy atom. The van der Waals surface area contributed by atoms with Gasteiger partial charge in [0.15, 0.2) is 17.3 Å². The first kappa shape index (κ1) is 21.4. The molecule has 0 atom stereocenters. The van der Waals surface area contributed by atoms with Crippen LogP contribution in [0.25, 0.3) is 6.08 Å². The number of benzene rings is 2. The molecule has 0 saturated carbocycles. The summed E-state index contributed by atoms with van der Waals surface area (Å²) >= 11 is 0. The molecule has 0 aliphatic carbocycles. The van der Waals surface area contributed by atoms with E-state index in [4.69, 9.17) is 14.2 Å². The van der Waals surface area contributed by atoms with Crippen molar-refractivity contribution < 1.29 is 19.0 Å². The Morgan fingerprint density at radius 3 is 2.00 bits per heavy atom. The Labute approximate surface area is 167 Å². The molecule has 0 unspecified atom stereocenters. The van der Waals surface area contributed by atoms with Crippen LogP contribution in [0.1, 0.15) is 36.7 Å². The molecular weight excluding hydrogens is 354 g/mol. The number of Topliss-reactive ketones (excluding diaryl/α,β-unsaturated/α-hetero) is 1. The van der Waals surface area contributed by atoms with Crippen molar-refractivity contribution >= 4 is 17.5 Å². The largest absolute Gasteiger partial charge is 0.493 e. The maximum absolute atomic E-state index is 13.0. The van der Waals surface area contributed by atoms with Gasteiger partial charge in [0.1, 0.15) is 0 Å². The molecule has 150 valence electrons. The standard InChI is InChI=1S/C23H29NO4/c1-7-24(8-2)18-11-9-17(10-12-18)15-16(3)21(25)19-13-14-20(26-4)23(28-6)22(19)27-5/h9-15H,7-8H2,1-6H3/b16-15+. The number of nitrogens with zero attached hydrogens (tertiary/aromatic N) is 1. The van der Waals surface area contributed by atoms with Crippen molar-refractivity contribution in [3.63, 3.8) is 0 Å². The van der Waals surface area contributed by atoms with E-state index >= 15 is 0 Å². The van der Waals surface area contributed by atoms with E-state index in [1.54, 1.807) is 26.2 Å². The molecule has 2 aromatic rings. The van der Waals surface area contributed by atoms with Crippen LogP contribution in [-0.2, 0) is 0 Å². The molecule has 0 heterocycles. The van der Waals surface area contributed by atoms with Crippen LogP contribution in [0, 0.1) is 0 Å². The van der Waals surface area contributed by atoms with E-state index in [1.165, 1.54) is 19.9 Å². The molecule has 5 heteroatoms. The average molecular weight is 383 g/mol. The monoisotopic (exact) mass is 383 g/mol. The fraction of sp³-hybridized carbons (Fsp3) is 0.348.